The molecule has 3 unspecified atom stereocenters. The van der Waals surface area contributed by atoms with Crippen LogP contribution in [-0.4, -0.2) is 4.98 Å². The van der Waals surface area contributed by atoms with Crippen molar-refractivity contribution in [2.75, 3.05) is 0 Å². The fourth-order valence-corrected chi connectivity index (χ4v) is 4.61. The minimum Gasteiger partial charge on any atom is -0.322 e. The summed E-state index contributed by atoms with van der Waals surface area (Å²) in [5.74, 6) is 1.52. The Morgan fingerprint density at radius 3 is 2.94 bits per heavy atom. The van der Waals surface area contributed by atoms with E-state index < -0.39 is 0 Å². The highest BCUT2D eigenvalue weighted by atomic mass is 32.1. The number of nitrogens with zero attached hydrogens (tertiary/aromatic N) is 1. The van der Waals surface area contributed by atoms with Gasteiger partial charge >= 0.3 is 0 Å². The van der Waals surface area contributed by atoms with E-state index in [4.69, 9.17) is 10.7 Å². The van der Waals surface area contributed by atoms with Gasteiger partial charge < -0.3 is 5.73 Å². The van der Waals surface area contributed by atoms with E-state index in [1.54, 1.807) is 0 Å². The van der Waals surface area contributed by atoms with Crippen LogP contribution in [0.1, 0.15) is 60.6 Å². The van der Waals surface area contributed by atoms with Crippen LogP contribution in [0.3, 0.4) is 0 Å². The average Bonchev–Trinajstić information content (AvgIpc) is 2.88. The van der Waals surface area contributed by atoms with Crippen LogP contribution < -0.4 is 5.73 Å². The third-order valence-electron chi connectivity index (χ3n) is 4.38. The standard InChI is InChI=1S/C14H22N2S/c1-9-4-2-5-10(8-9)13(15)14-16-11-6-3-7-12(11)17-14/h9-10,13H,2-8,15H2,1H3. The number of rotatable bonds is 2. The Labute approximate surface area is 108 Å². The molecule has 0 bridgehead atoms. The molecular formula is C14H22N2S. The first-order chi connectivity index (χ1) is 8.24. The molecule has 2 nitrogen and oxygen atoms in total. The molecule has 0 saturated heterocycles. The Kier molecular flexibility index (Phi) is 3.22. The summed E-state index contributed by atoms with van der Waals surface area (Å²) in [6.07, 6.45) is 9.05. The van der Waals surface area contributed by atoms with Crippen LogP contribution in [0.15, 0.2) is 0 Å². The molecular weight excluding hydrogens is 228 g/mol. The van der Waals surface area contributed by atoms with Gasteiger partial charge in [0, 0.05) is 4.88 Å². The molecule has 17 heavy (non-hydrogen) atoms. The number of thiazole rings is 1. The summed E-state index contributed by atoms with van der Waals surface area (Å²) < 4.78 is 0. The van der Waals surface area contributed by atoms with E-state index in [1.807, 2.05) is 11.3 Å². The largest absolute Gasteiger partial charge is 0.322 e. The minimum absolute atomic E-state index is 0.202. The lowest BCUT2D eigenvalue weighted by Gasteiger charge is -2.30. The van der Waals surface area contributed by atoms with Gasteiger partial charge in [-0.1, -0.05) is 19.8 Å². The Balaban J connectivity index is 1.74. The van der Waals surface area contributed by atoms with Crippen molar-refractivity contribution in [1.29, 1.82) is 0 Å². The summed E-state index contributed by atoms with van der Waals surface area (Å²) in [6.45, 7) is 2.36. The number of nitrogens with two attached hydrogens (primary N) is 1. The zero-order valence-electron chi connectivity index (χ0n) is 10.6. The van der Waals surface area contributed by atoms with Crippen LogP contribution in [0.5, 0.6) is 0 Å². The molecule has 1 fully saturated rings. The Morgan fingerprint density at radius 1 is 1.29 bits per heavy atom. The Morgan fingerprint density at radius 2 is 2.18 bits per heavy atom. The fourth-order valence-electron chi connectivity index (χ4n) is 3.36. The number of aromatic nitrogens is 1. The van der Waals surface area contributed by atoms with Gasteiger partial charge in [-0.05, 0) is 43.9 Å². The lowest BCUT2D eigenvalue weighted by Crippen LogP contribution is -2.26. The summed E-state index contributed by atoms with van der Waals surface area (Å²) in [7, 11) is 0. The van der Waals surface area contributed by atoms with E-state index >= 15 is 0 Å². The van der Waals surface area contributed by atoms with Crippen molar-refractivity contribution < 1.29 is 0 Å². The molecule has 2 N–H and O–H groups in total. The van der Waals surface area contributed by atoms with E-state index in [0.717, 1.165) is 5.92 Å². The maximum atomic E-state index is 6.44. The summed E-state index contributed by atoms with van der Waals surface area (Å²) in [4.78, 5) is 6.30. The van der Waals surface area contributed by atoms with E-state index in [2.05, 4.69) is 6.92 Å². The Bertz CT molecular complexity index is 377. The molecule has 1 aromatic rings. The number of aryl methyl sites for hydroxylation is 2. The summed E-state index contributed by atoms with van der Waals surface area (Å²) in [5.41, 5.74) is 7.79. The third-order valence-corrected chi connectivity index (χ3v) is 5.64. The van der Waals surface area contributed by atoms with Crippen molar-refractivity contribution >= 4 is 11.3 Å². The van der Waals surface area contributed by atoms with Gasteiger partial charge in [-0.3, -0.25) is 0 Å². The zero-order valence-corrected chi connectivity index (χ0v) is 11.4. The van der Waals surface area contributed by atoms with Gasteiger partial charge in [-0.2, -0.15) is 0 Å². The highest BCUT2D eigenvalue weighted by Gasteiger charge is 2.28. The fraction of sp³-hybridized carbons (Fsp3) is 0.786. The van der Waals surface area contributed by atoms with Crippen LogP contribution in [0.25, 0.3) is 0 Å². The lowest BCUT2D eigenvalue weighted by molar-refractivity contribution is 0.247. The monoisotopic (exact) mass is 250 g/mol. The van der Waals surface area contributed by atoms with Crippen molar-refractivity contribution in [3.8, 4) is 0 Å². The normalized spacial score (nSPS) is 30.2. The van der Waals surface area contributed by atoms with Crippen molar-refractivity contribution in [2.45, 2.75) is 57.9 Å². The molecule has 0 amide bonds. The van der Waals surface area contributed by atoms with Crippen LogP contribution in [0.4, 0.5) is 0 Å². The number of fused-ring (bicyclic) bond motifs is 1. The predicted octanol–water partition coefficient (Wildman–Crippen LogP) is 3.46. The van der Waals surface area contributed by atoms with E-state index in [0.29, 0.717) is 5.92 Å². The molecule has 2 aliphatic rings. The molecule has 3 atom stereocenters. The molecule has 2 aliphatic carbocycles. The maximum Gasteiger partial charge on any atom is 0.110 e. The molecule has 3 heteroatoms. The van der Waals surface area contributed by atoms with Gasteiger partial charge in [0.25, 0.3) is 0 Å². The molecule has 0 aliphatic heterocycles. The van der Waals surface area contributed by atoms with Gasteiger partial charge in [0.2, 0.25) is 0 Å². The van der Waals surface area contributed by atoms with E-state index in [1.165, 1.54) is 60.5 Å². The smallest absolute Gasteiger partial charge is 0.110 e. The maximum absolute atomic E-state index is 6.44. The van der Waals surface area contributed by atoms with Crippen molar-refractivity contribution in [2.24, 2.45) is 17.6 Å². The highest BCUT2D eigenvalue weighted by molar-refractivity contribution is 7.11. The first-order valence-corrected chi connectivity index (χ1v) is 7.79. The van der Waals surface area contributed by atoms with Crippen LogP contribution in [0.2, 0.25) is 0 Å². The molecule has 1 saturated carbocycles. The van der Waals surface area contributed by atoms with Crippen LogP contribution >= 0.6 is 11.3 Å². The molecule has 1 heterocycles. The van der Waals surface area contributed by atoms with Gasteiger partial charge in [-0.25, -0.2) is 4.98 Å². The minimum atomic E-state index is 0.202. The second-order valence-electron chi connectivity index (χ2n) is 5.83. The molecule has 1 aromatic heterocycles. The van der Waals surface area contributed by atoms with Gasteiger partial charge in [-0.15, -0.1) is 11.3 Å². The summed E-state index contributed by atoms with van der Waals surface area (Å²) in [5, 5.41) is 1.22. The average molecular weight is 250 g/mol. The van der Waals surface area contributed by atoms with Gasteiger partial charge in [0.15, 0.2) is 0 Å². The molecule has 0 radical (unpaired) electrons. The summed E-state index contributed by atoms with van der Waals surface area (Å²) >= 11 is 1.89. The third kappa shape index (κ3) is 2.27. The van der Waals surface area contributed by atoms with Gasteiger partial charge in [0.05, 0.1) is 11.7 Å². The van der Waals surface area contributed by atoms with Crippen LogP contribution in [0, 0.1) is 11.8 Å². The highest BCUT2D eigenvalue weighted by Crippen LogP contribution is 2.38. The zero-order chi connectivity index (χ0) is 11.8. The SMILES string of the molecule is CC1CCCC(C(N)c2nc3c(s2)CCC3)C1. The van der Waals surface area contributed by atoms with E-state index in [-0.39, 0.29) is 6.04 Å². The second-order valence-corrected chi connectivity index (χ2v) is 6.95. The quantitative estimate of drug-likeness (QED) is 0.873. The predicted molar refractivity (Wildman–Crippen MR) is 72.2 cm³/mol. The number of hydrogen-bond acceptors (Lipinski definition) is 3. The first kappa shape index (κ1) is 11.7. The first-order valence-electron chi connectivity index (χ1n) is 6.98. The molecule has 3 rings (SSSR count). The number of hydrogen-bond donors (Lipinski definition) is 1. The van der Waals surface area contributed by atoms with Gasteiger partial charge in [0.1, 0.15) is 5.01 Å². The lowest BCUT2D eigenvalue weighted by atomic mass is 9.79. The molecule has 0 aromatic carbocycles. The second kappa shape index (κ2) is 4.69. The molecule has 0 spiro atoms. The Hall–Kier alpha value is -0.410. The topological polar surface area (TPSA) is 38.9 Å². The van der Waals surface area contributed by atoms with E-state index in [9.17, 15) is 0 Å². The summed E-state index contributed by atoms with van der Waals surface area (Å²) in [6, 6.07) is 0.202. The van der Waals surface area contributed by atoms with Crippen molar-refractivity contribution in [3.63, 3.8) is 0 Å². The molecule has 94 valence electrons. The van der Waals surface area contributed by atoms with Crippen molar-refractivity contribution in [1.82, 2.24) is 4.98 Å². The van der Waals surface area contributed by atoms with Crippen LogP contribution in [-0.2, 0) is 12.8 Å². The van der Waals surface area contributed by atoms with Crippen molar-refractivity contribution in [3.05, 3.63) is 15.6 Å².